The lowest BCUT2D eigenvalue weighted by molar-refractivity contribution is 0.0772. The minimum atomic E-state index is -0.410. The standard InChI is InChI=1S/C13H16N2O/c1-9-5-6-10(2)12(7-9)13(16)15(4)11(3)8-14/h5-7,11H,1-4H3. The van der Waals surface area contributed by atoms with E-state index in [0.717, 1.165) is 11.1 Å². The molecule has 0 bridgehead atoms. The average molecular weight is 216 g/mol. The summed E-state index contributed by atoms with van der Waals surface area (Å²) in [5, 5.41) is 8.78. The molecular weight excluding hydrogens is 200 g/mol. The number of nitrogens with zero attached hydrogens (tertiary/aromatic N) is 2. The number of hydrogen-bond acceptors (Lipinski definition) is 2. The van der Waals surface area contributed by atoms with Gasteiger partial charge < -0.3 is 4.90 Å². The van der Waals surface area contributed by atoms with E-state index in [-0.39, 0.29) is 5.91 Å². The topological polar surface area (TPSA) is 44.1 Å². The summed E-state index contributed by atoms with van der Waals surface area (Å²) in [6.45, 7) is 5.56. The van der Waals surface area contributed by atoms with Gasteiger partial charge in [-0.2, -0.15) is 5.26 Å². The van der Waals surface area contributed by atoms with Crippen molar-refractivity contribution < 1.29 is 4.79 Å². The van der Waals surface area contributed by atoms with Gasteiger partial charge in [0.25, 0.3) is 5.91 Å². The number of rotatable bonds is 2. The molecule has 0 radical (unpaired) electrons. The third-order valence-electron chi connectivity index (χ3n) is 2.71. The fraction of sp³-hybridized carbons (Fsp3) is 0.385. The van der Waals surface area contributed by atoms with Gasteiger partial charge in [0.05, 0.1) is 6.07 Å². The summed E-state index contributed by atoms with van der Waals surface area (Å²) in [6, 6.07) is 7.40. The number of carbonyl (C=O) groups excluding carboxylic acids is 1. The van der Waals surface area contributed by atoms with Gasteiger partial charge in [-0.1, -0.05) is 17.7 Å². The zero-order valence-electron chi connectivity index (χ0n) is 10.1. The van der Waals surface area contributed by atoms with E-state index in [1.165, 1.54) is 4.90 Å². The van der Waals surface area contributed by atoms with Crippen LogP contribution < -0.4 is 0 Å². The zero-order chi connectivity index (χ0) is 12.3. The summed E-state index contributed by atoms with van der Waals surface area (Å²) >= 11 is 0. The molecule has 0 spiro atoms. The molecule has 16 heavy (non-hydrogen) atoms. The van der Waals surface area contributed by atoms with E-state index in [1.54, 1.807) is 14.0 Å². The number of hydrogen-bond donors (Lipinski definition) is 0. The highest BCUT2D eigenvalue weighted by atomic mass is 16.2. The van der Waals surface area contributed by atoms with Crippen molar-refractivity contribution in [2.24, 2.45) is 0 Å². The van der Waals surface area contributed by atoms with Gasteiger partial charge in [-0.25, -0.2) is 0 Å². The Morgan fingerprint density at radius 3 is 2.62 bits per heavy atom. The molecule has 0 saturated carbocycles. The Morgan fingerprint density at radius 1 is 1.44 bits per heavy atom. The van der Waals surface area contributed by atoms with Gasteiger partial charge in [0.1, 0.15) is 6.04 Å². The summed E-state index contributed by atoms with van der Waals surface area (Å²) in [4.78, 5) is 13.6. The first-order valence-corrected chi connectivity index (χ1v) is 5.21. The number of amides is 1. The van der Waals surface area contributed by atoms with Crippen LogP contribution in [-0.4, -0.2) is 23.9 Å². The first-order chi connectivity index (χ1) is 7.47. The molecule has 0 saturated heterocycles. The normalized spacial score (nSPS) is 11.7. The van der Waals surface area contributed by atoms with Crippen LogP contribution in [0.25, 0.3) is 0 Å². The first-order valence-electron chi connectivity index (χ1n) is 5.21. The van der Waals surface area contributed by atoms with Crippen molar-refractivity contribution in [3.05, 3.63) is 34.9 Å². The Bertz CT molecular complexity index is 446. The van der Waals surface area contributed by atoms with Crippen LogP contribution in [0.3, 0.4) is 0 Å². The molecule has 0 fully saturated rings. The maximum absolute atomic E-state index is 12.1. The Morgan fingerprint density at radius 2 is 2.06 bits per heavy atom. The van der Waals surface area contributed by atoms with Crippen molar-refractivity contribution in [1.29, 1.82) is 5.26 Å². The van der Waals surface area contributed by atoms with Crippen LogP contribution in [0, 0.1) is 25.2 Å². The molecule has 0 aromatic heterocycles. The van der Waals surface area contributed by atoms with Crippen molar-refractivity contribution in [3.8, 4) is 6.07 Å². The molecule has 84 valence electrons. The van der Waals surface area contributed by atoms with Gasteiger partial charge in [0.2, 0.25) is 0 Å². The van der Waals surface area contributed by atoms with Crippen LogP contribution in [0.2, 0.25) is 0 Å². The molecule has 1 rings (SSSR count). The van der Waals surface area contributed by atoms with Gasteiger partial charge in [-0.3, -0.25) is 4.79 Å². The van der Waals surface area contributed by atoms with E-state index in [9.17, 15) is 4.79 Å². The van der Waals surface area contributed by atoms with Crippen LogP contribution in [0.4, 0.5) is 0 Å². The van der Waals surface area contributed by atoms with Gasteiger partial charge in [-0.15, -0.1) is 0 Å². The molecule has 0 N–H and O–H groups in total. The van der Waals surface area contributed by atoms with Crippen LogP contribution in [0.1, 0.15) is 28.4 Å². The van der Waals surface area contributed by atoms with Crippen LogP contribution in [0.5, 0.6) is 0 Å². The minimum absolute atomic E-state index is 0.102. The molecule has 1 aromatic carbocycles. The van der Waals surface area contributed by atoms with Crippen molar-refractivity contribution >= 4 is 5.91 Å². The second kappa shape index (κ2) is 4.80. The van der Waals surface area contributed by atoms with Crippen molar-refractivity contribution in [1.82, 2.24) is 4.90 Å². The molecule has 0 aliphatic carbocycles. The summed E-state index contributed by atoms with van der Waals surface area (Å²) in [5.41, 5.74) is 2.66. The number of benzene rings is 1. The van der Waals surface area contributed by atoms with E-state index < -0.39 is 6.04 Å². The lowest BCUT2D eigenvalue weighted by atomic mass is 10.0. The zero-order valence-corrected chi connectivity index (χ0v) is 10.1. The Hall–Kier alpha value is -1.82. The fourth-order valence-electron chi connectivity index (χ4n) is 1.42. The molecule has 1 amide bonds. The molecule has 0 aliphatic rings. The highest BCUT2D eigenvalue weighted by Crippen LogP contribution is 2.13. The van der Waals surface area contributed by atoms with Crippen molar-refractivity contribution in [2.45, 2.75) is 26.8 Å². The van der Waals surface area contributed by atoms with Crippen LogP contribution in [0.15, 0.2) is 18.2 Å². The van der Waals surface area contributed by atoms with Crippen molar-refractivity contribution in [3.63, 3.8) is 0 Å². The quantitative estimate of drug-likeness (QED) is 0.761. The Kier molecular flexibility index (Phi) is 3.68. The maximum Gasteiger partial charge on any atom is 0.254 e. The molecule has 1 atom stereocenters. The highest BCUT2D eigenvalue weighted by Gasteiger charge is 2.18. The minimum Gasteiger partial charge on any atom is -0.326 e. The Balaban J connectivity index is 3.06. The molecule has 0 aliphatic heterocycles. The number of carbonyl (C=O) groups is 1. The number of aryl methyl sites for hydroxylation is 2. The summed E-state index contributed by atoms with van der Waals surface area (Å²) in [5.74, 6) is -0.102. The number of nitriles is 1. The summed E-state index contributed by atoms with van der Waals surface area (Å²) in [7, 11) is 1.65. The highest BCUT2D eigenvalue weighted by molar-refractivity contribution is 5.96. The van der Waals surface area contributed by atoms with Gasteiger partial charge in [0.15, 0.2) is 0 Å². The first kappa shape index (κ1) is 12.3. The molecule has 0 heterocycles. The predicted octanol–water partition coefficient (Wildman–Crippen LogP) is 2.29. The molecule has 3 nitrogen and oxygen atoms in total. The largest absolute Gasteiger partial charge is 0.326 e. The van der Waals surface area contributed by atoms with Crippen LogP contribution in [-0.2, 0) is 0 Å². The molecule has 1 aromatic rings. The summed E-state index contributed by atoms with van der Waals surface area (Å²) < 4.78 is 0. The third kappa shape index (κ3) is 2.40. The lowest BCUT2D eigenvalue weighted by Crippen LogP contribution is -2.34. The summed E-state index contributed by atoms with van der Waals surface area (Å²) in [6.07, 6.45) is 0. The molecule has 1 unspecified atom stereocenters. The molecule has 3 heteroatoms. The maximum atomic E-state index is 12.1. The van der Waals surface area contributed by atoms with E-state index >= 15 is 0 Å². The van der Waals surface area contributed by atoms with E-state index in [0.29, 0.717) is 5.56 Å². The van der Waals surface area contributed by atoms with E-state index in [4.69, 9.17) is 5.26 Å². The second-order valence-corrected chi connectivity index (χ2v) is 4.04. The van der Waals surface area contributed by atoms with Crippen LogP contribution >= 0.6 is 0 Å². The second-order valence-electron chi connectivity index (χ2n) is 4.04. The smallest absolute Gasteiger partial charge is 0.254 e. The third-order valence-corrected chi connectivity index (χ3v) is 2.71. The van der Waals surface area contributed by atoms with Gasteiger partial charge in [0, 0.05) is 12.6 Å². The van der Waals surface area contributed by atoms with Gasteiger partial charge >= 0.3 is 0 Å². The fourth-order valence-corrected chi connectivity index (χ4v) is 1.42. The van der Waals surface area contributed by atoms with Gasteiger partial charge in [-0.05, 0) is 32.4 Å². The average Bonchev–Trinajstić information content (AvgIpc) is 2.29. The Labute approximate surface area is 96.3 Å². The molecular formula is C13H16N2O. The SMILES string of the molecule is Cc1ccc(C)c(C(=O)N(C)C(C)C#N)c1. The van der Waals surface area contributed by atoms with Crippen molar-refractivity contribution in [2.75, 3.05) is 7.05 Å². The van der Waals surface area contributed by atoms with E-state index in [2.05, 4.69) is 6.07 Å². The van der Waals surface area contributed by atoms with E-state index in [1.807, 2.05) is 32.0 Å². The monoisotopic (exact) mass is 216 g/mol. The predicted molar refractivity (Wildman–Crippen MR) is 63.1 cm³/mol. The lowest BCUT2D eigenvalue weighted by Gasteiger charge is -2.20.